The third kappa shape index (κ3) is 4.35. The minimum atomic E-state index is -0.168. The molecule has 1 amide bonds. The molecule has 2 aliphatic heterocycles. The van der Waals surface area contributed by atoms with E-state index in [9.17, 15) is 4.79 Å². The van der Waals surface area contributed by atoms with Gasteiger partial charge in [0.1, 0.15) is 0 Å². The summed E-state index contributed by atoms with van der Waals surface area (Å²) in [6.45, 7) is 9.04. The zero-order valence-electron chi connectivity index (χ0n) is 13.0. The molecule has 1 unspecified atom stereocenters. The highest BCUT2D eigenvalue weighted by Gasteiger charge is 2.31. The van der Waals surface area contributed by atoms with Gasteiger partial charge in [0.2, 0.25) is 0 Å². The Morgan fingerprint density at radius 1 is 1.30 bits per heavy atom. The lowest BCUT2D eigenvalue weighted by Crippen LogP contribution is -2.51. The summed E-state index contributed by atoms with van der Waals surface area (Å²) in [5.41, 5.74) is -0.0124. The van der Waals surface area contributed by atoms with Crippen molar-refractivity contribution in [3.8, 4) is 0 Å². The van der Waals surface area contributed by atoms with Gasteiger partial charge in [-0.2, -0.15) is 0 Å². The molecule has 0 aromatic heterocycles. The van der Waals surface area contributed by atoms with Crippen molar-refractivity contribution >= 4 is 6.09 Å². The van der Waals surface area contributed by atoms with Crippen LogP contribution in [0.25, 0.3) is 0 Å². The summed E-state index contributed by atoms with van der Waals surface area (Å²) in [6, 6.07) is 1.05. The van der Waals surface area contributed by atoms with E-state index in [4.69, 9.17) is 9.47 Å². The number of amides is 1. The van der Waals surface area contributed by atoms with Crippen LogP contribution in [0.3, 0.4) is 0 Å². The molecule has 1 N–H and O–H groups in total. The Morgan fingerprint density at radius 3 is 2.60 bits per heavy atom. The summed E-state index contributed by atoms with van der Waals surface area (Å²) in [5, 5.41) is 3.75. The third-order valence-electron chi connectivity index (χ3n) is 4.19. The van der Waals surface area contributed by atoms with Crippen LogP contribution in [0.5, 0.6) is 0 Å². The predicted octanol–water partition coefficient (Wildman–Crippen LogP) is 2.15. The van der Waals surface area contributed by atoms with Crippen molar-refractivity contribution in [1.82, 2.24) is 10.2 Å². The Kier molecular flexibility index (Phi) is 5.27. The van der Waals surface area contributed by atoms with Crippen LogP contribution in [0, 0.1) is 0 Å². The van der Waals surface area contributed by atoms with E-state index in [2.05, 4.69) is 19.2 Å². The highest BCUT2D eigenvalue weighted by molar-refractivity contribution is 5.67. The topological polar surface area (TPSA) is 50.8 Å². The number of nitrogens with one attached hydrogen (secondary N) is 1. The monoisotopic (exact) mass is 284 g/mol. The lowest BCUT2D eigenvalue weighted by atomic mass is 9.92. The first-order chi connectivity index (χ1) is 9.50. The van der Waals surface area contributed by atoms with E-state index >= 15 is 0 Å². The number of hydrogen-bond donors (Lipinski definition) is 1. The molecule has 2 aliphatic rings. The summed E-state index contributed by atoms with van der Waals surface area (Å²) in [6.07, 6.45) is 4.00. The quantitative estimate of drug-likeness (QED) is 0.863. The first kappa shape index (κ1) is 15.6. The van der Waals surface area contributed by atoms with Crippen LogP contribution in [0.1, 0.15) is 46.5 Å². The van der Waals surface area contributed by atoms with Gasteiger partial charge in [0.05, 0.1) is 12.2 Å². The fourth-order valence-electron chi connectivity index (χ4n) is 3.15. The third-order valence-corrected chi connectivity index (χ3v) is 4.19. The lowest BCUT2D eigenvalue weighted by Gasteiger charge is -2.39. The Bertz CT molecular complexity index is 325. The first-order valence-electron chi connectivity index (χ1n) is 7.82. The second-order valence-corrected chi connectivity index (χ2v) is 6.42. The molecule has 0 spiro atoms. The lowest BCUT2D eigenvalue weighted by molar-refractivity contribution is -0.0648. The Balaban J connectivity index is 1.73. The summed E-state index contributed by atoms with van der Waals surface area (Å²) in [7, 11) is 0. The SMILES string of the molecule is CCOC(=O)N1CCC(NC2CCOC(C)(C)C2)CC1. The minimum absolute atomic E-state index is 0.0124. The van der Waals surface area contributed by atoms with Crippen LogP contribution >= 0.6 is 0 Å². The van der Waals surface area contributed by atoms with Crippen molar-refractivity contribution < 1.29 is 14.3 Å². The maximum Gasteiger partial charge on any atom is 0.409 e. The van der Waals surface area contributed by atoms with E-state index in [1.165, 1.54) is 0 Å². The first-order valence-corrected chi connectivity index (χ1v) is 7.82. The molecule has 5 heteroatoms. The van der Waals surface area contributed by atoms with Crippen molar-refractivity contribution in [2.24, 2.45) is 0 Å². The van der Waals surface area contributed by atoms with Gasteiger partial charge in [-0.1, -0.05) is 0 Å². The van der Waals surface area contributed by atoms with Crippen molar-refractivity contribution in [3.63, 3.8) is 0 Å². The summed E-state index contributed by atoms with van der Waals surface area (Å²) in [4.78, 5) is 13.5. The van der Waals surface area contributed by atoms with Gasteiger partial charge in [-0.15, -0.1) is 0 Å². The van der Waals surface area contributed by atoms with Crippen LogP contribution in [-0.4, -0.2) is 55.0 Å². The van der Waals surface area contributed by atoms with Gasteiger partial charge in [0.25, 0.3) is 0 Å². The molecule has 5 nitrogen and oxygen atoms in total. The second-order valence-electron chi connectivity index (χ2n) is 6.42. The van der Waals surface area contributed by atoms with Crippen LogP contribution in [0.4, 0.5) is 4.79 Å². The zero-order valence-corrected chi connectivity index (χ0v) is 13.0. The average Bonchev–Trinajstić information content (AvgIpc) is 2.38. The molecule has 2 fully saturated rings. The van der Waals surface area contributed by atoms with Crippen LogP contribution in [0.15, 0.2) is 0 Å². The van der Waals surface area contributed by atoms with Crippen molar-refractivity contribution in [2.75, 3.05) is 26.3 Å². The second kappa shape index (κ2) is 6.76. The van der Waals surface area contributed by atoms with Gasteiger partial charge < -0.3 is 19.7 Å². The Labute approximate surface area is 122 Å². The Morgan fingerprint density at radius 2 is 2.00 bits per heavy atom. The number of piperidine rings is 1. The highest BCUT2D eigenvalue weighted by atomic mass is 16.6. The van der Waals surface area contributed by atoms with Gasteiger partial charge in [-0.3, -0.25) is 0 Å². The number of rotatable bonds is 3. The molecule has 0 aliphatic carbocycles. The highest BCUT2D eigenvalue weighted by Crippen LogP contribution is 2.25. The molecule has 2 saturated heterocycles. The smallest absolute Gasteiger partial charge is 0.409 e. The molecule has 0 aromatic carbocycles. The van der Waals surface area contributed by atoms with Gasteiger partial charge in [0.15, 0.2) is 0 Å². The van der Waals surface area contributed by atoms with Crippen molar-refractivity contribution in [2.45, 2.75) is 64.1 Å². The van der Waals surface area contributed by atoms with Crippen LogP contribution in [0.2, 0.25) is 0 Å². The van der Waals surface area contributed by atoms with Crippen molar-refractivity contribution in [1.29, 1.82) is 0 Å². The number of ether oxygens (including phenoxy) is 2. The van der Waals surface area contributed by atoms with Gasteiger partial charge in [-0.05, 0) is 46.5 Å². The molecule has 0 aromatic rings. The molecule has 20 heavy (non-hydrogen) atoms. The van der Waals surface area contributed by atoms with E-state index in [1.54, 1.807) is 0 Å². The maximum absolute atomic E-state index is 11.6. The molecular weight excluding hydrogens is 256 g/mol. The fraction of sp³-hybridized carbons (Fsp3) is 0.933. The zero-order chi connectivity index (χ0) is 14.6. The van der Waals surface area contributed by atoms with Gasteiger partial charge in [-0.25, -0.2) is 4.79 Å². The van der Waals surface area contributed by atoms with Gasteiger partial charge in [0, 0.05) is 31.8 Å². The number of likely N-dealkylation sites (tertiary alicyclic amines) is 1. The van der Waals surface area contributed by atoms with Crippen LogP contribution < -0.4 is 5.32 Å². The maximum atomic E-state index is 11.6. The predicted molar refractivity (Wildman–Crippen MR) is 77.8 cm³/mol. The molecule has 1 atom stereocenters. The molecular formula is C15H28N2O3. The molecule has 116 valence electrons. The van der Waals surface area contributed by atoms with Gasteiger partial charge >= 0.3 is 6.09 Å². The number of hydrogen-bond acceptors (Lipinski definition) is 4. The van der Waals surface area contributed by atoms with E-state index in [1.807, 2.05) is 11.8 Å². The molecule has 0 saturated carbocycles. The van der Waals surface area contributed by atoms with E-state index in [-0.39, 0.29) is 11.7 Å². The minimum Gasteiger partial charge on any atom is -0.450 e. The van der Waals surface area contributed by atoms with Crippen molar-refractivity contribution in [3.05, 3.63) is 0 Å². The normalized spacial score (nSPS) is 27.4. The molecule has 0 bridgehead atoms. The summed E-state index contributed by atoms with van der Waals surface area (Å²) < 4.78 is 10.8. The van der Waals surface area contributed by atoms with Crippen LogP contribution in [-0.2, 0) is 9.47 Å². The fourth-order valence-corrected chi connectivity index (χ4v) is 3.15. The molecule has 0 radical (unpaired) electrons. The largest absolute Gasteiger partial charge is 0.450 e. The standard InChI is InChI=1S/C15H28N2O3/c1-4-19-14(18)17-8-5-12(6-9-17)16-13-7-10-20-15(2,3)11-13/h12-13,16H,4-11H2,1-3H3. The summed E-state index contributed by atoms with van der Waals surface area (Å²) in [5.74, 6) is 0. The summed E-state index contributed by atoms with van der Waals surface area (Å²) >= 11 is 0. The van der Waals surface area contributed by atoms with E-state index in [0.29, 0.717) is 18.7 Å². The number of carbonyl (C=O) groups is 1. The molecule has 2 heterocycles. The van der Waals surface area contributed by atoms with E-state index < -0.39 is 0 Å². The molecule has 2 rings (SSSR count). The Hall–Kier alpha value is -0.810. The van der Waals surface area contributed by atoms with E-state index in [0.717, 1.165) is 45.4 Å². The number of carbonyl (C=O) groups excluding carboxylic acids is 1. The number of nitrogens with zero attached hydrogens (tertiary/aromatic N) is 1. The average molecular weight is 284 g/mol.